The lowest BCUT2D eigenvalue weighted by atomic mass is 9.94. The predicted molar refractivity (Wildman–Crippen MR) is 89.6 cm³/mol. The van der Waals surface area contributed by atoms with Crippen LogP contribution in [0.15, 0.2) is 60.8 Å². The minimum absolute atomic E-state index is 0.135. The van der Waals surface area contributed by atoms with Crippen LogP contribution in [0.1, 0.15) is 33.1 Å². The molecule has 0 fully saturated rings. The van der Waals surface area contributed by atoms with E-state index >= 15 is 0 Å². The summed E-state index contributed by atoms with van der Waals surface area (Å²) in [5.41, 5.74) is 1.73. The second kappa shape index (κ2) is 5.66. The Morgan fingerprint density at radius 3 is 2.42 bits per heavy atom. The Hall–Kier alpha value is -3.22. The van der Waals surface area contributed by atoms with Crippen molar-refractivity contribution < 1.29 is 23.1 Å². The SMILES string of the molecule is O=C(O)c1cc2n(c1)-c1ccccc1C(c1ccc(C(F)(F)F)cc1)N2. The van der Waals surface area contributed by atoms with Gasteiger partial charge in [-0.25, -0.2) is 4.79 Å². The fourth-order valence-corrected chi connectivity index (χ4v) is 3.19. The predicted octanol–water partition coefficient (Wildman–Crippen LogP) is 4.71. The number of fused-ring (bicyclic) bond motifs is 3. The number of nitrogens with zero attached hydrogens (tertiary/aromatic N) is 1. The first-order valence-corrected chi connectivity index (χ1v) is 7.83. The third kappa shape index (κ3) is 2.61. The molecule has 1 aromatic heterocycles. The summed E-state index contributed by atoms with van der Waals surface area (Å²) in [6, 6.07) is 13.5. The molecule has 0 radical (unpaired) electrons. The monoisotopic (exact) mass is 358 g/mol. The van der Waals surface area contributed by atoms with Gasteiger partial charge in [-0.1, -0.05) is 30.3 Å². The van der Waals surface area contributed by atoms with Crippen LogP contribution in [0.3, 0.4) is 0 Å². The van der Waals surface area contributed by atoms with Crippen LogP contribution in [0.5, 0.6) is 0 Å². The van der Waals surface area contributed by atoms with Crippen molar-refractivity contribution in [3.05, 3.63) is 83.0 Å². The summed E-state index contributed by atoms with van der Waals surface area (Å²) in [6.45, 7) is 0. The number of carboxylic acids is 1. The number of para-hydroxylation sites is 1. The summed E-state index contributed by atoms with van der Waals surface area (Å²) < 4.78 is 40.1. The number of benzene rings is 2. The van der Waals surface area contributed by atoms with Crippen molar-refractivity contribution in [3.63, 3.8) is 0 Å². The number of anilines is 1. The molecule has 0 saturated carbocycles. The van der Waals surface area contributed by atoms with Crippen molar-refractivity contribution in [2.75, 3.05) is 5.32 Å². The highest BCUT2D eigenvalue weighted by molar-refractivity contribution is 5.89. The maximum Gasteiger partial charge on any atom is 0.416 e. The van der Waals surface area contributed by atoms with Crippen LogP contribution >= 0.6 is 0 Å². The number of carboxylic acid groups (broad SMARTS) is 1. The van der Waals surface area contributed by atoms with E-state index in [2.05, 4.69) is 5.32 Å². The van der Waals surface area contributed by atoms with E-state index in [9.17, 15) is 23.1 Å². The molecule has 1 unspecified atom stereocenters. The molecule has 3 aromatic rings. The first-order chi connectivity index (χ1) is 12.3. The van der Waals surface area contributed by atoms with E-state index in [1.807, 2.05) is 24.3 Å². The van der Waals surface area contributed by atoms with Crippen LogP contribution < -0.4 is 5.32 Å². The van der Waals surface area contributed by atoms with Crippen LogP contribution in [-0.2, 0) is 6.18 Å². The van der Waals surface area contributed by atoms with Gasteiger partial charge < -0.3 is 15.0 Å². The van der Waals surface area contributed by atoms with E-state index in [0.29, 0.717) is 11.4 Å². The molecule has 0 spiro atoms. The molecule has 2 heterocycles. The van der Waals surface area contributed by atoms with Gasteiger partial charge in [-0.3, -0.25) is 0 Å². The van der Waals surface area contributed by atoms with Gasteiger partial charge in [0.25, 0.3) is 0 Å². The minimum Gasteiger partial charge on any atom is -0.478 e. The molecular weight excluding hydrogens is 345 g/mol. The average molecular weight is 358 g/mol. The van der Waals surface area contributed by atoms with Gasteiger partial charge in [-0.05, 0) is 29.8 Å². The molecule has 132 valence electrons. The number of alkyl halides is 3. The van der Waals surface area contributed by atoms with Crippen LogP contribution in [0, 0.1) is 0 Å². The normalized spacial score (nSPS) is 15.7. The van der Waals surface area contributed by atoms with Gasteiger partial charge in [0.2, 0.25) is 0 Å². The van der Waals surface area contributed by atoms with Crippen molar-refractivity contribution in [2.24, 2.45) is 0 Å². The fraction of sp³-hybridized carbons (Fsp3) is 0.105. The summed E-state index contributed by atoms with van der Waals surface area (Å²) in [7, 11) is 0. The standard InChI is InChI=1S/C19H13F3N2O2/c20-19(21,22)13-7-5-11(6-8-13)17-14-3-1-2-4-15(14)24-10-12(18(25)26)9-16(24)23-17/h1-10,17,23H,(H,25,26). The van der Waals surface area contributed by atoms with Gasteiger partial charge in [0.1, 0.15) is 5.82 Å². The molecule has 0 bridgehead atoms. The lowest BCUT2D eigenvalue weighted by Crippen LogP contribution is -2.21. The number of nitrogens with one attached hydrogen (secondary N) is 1. The Morgan fingerprint density at radius 1 is 1.08 bits per heavy atom. The molecule has 7 heteroatoms. The zero-order valence-electron chi connectivity index (χ0n) is 13.3. The molecule has 2 N–H and O–H groups in total. The van der Waals surface area contributed by atoms with Gasteiger partial charge in [0.05, 0.1) is 22.9 Å². The van der Waals surface area contributed by atoms with E-state index in [1.54, 1.807) is 4.57 Å². The lowest BCUT2D eigenvalue weighted by molar-refractivity contribution is -0.137. The lowest BCUT2D eigenvalue weighted by Gasteiger charge is -2.30. The summed E-state index contributed by atoms with van der Waals surface area (Å²) in [5, 5.41) is 12.4. The van der Waals surface area contributed by atoms with Gasteiger partial charge in [-0.2, -0.15) is 13.2 Å². The van der Waals surface area contributed by atoms with E-state index in [-0.39, 0.29) is 11.6 Å². The molecular formula is C19H13F3N2O2. The van der Waals surface area contributed by atoms with Gasteiger partial charge in [-0.15, -0.1) is 0 Å². The zero-order valence-corrected chi connectivity index (χ0v) is 13.3. The van der Waals surface area contributed by atoms with Crippen LogP contribution in [0.25, 0.3) is 5.69 Å². The Morgan fingerprint density at radius 2 is 1.77 bits per heavy atom. The van der Waals surface area contributed by atoms with E-state index in [4.69, 9.17) is 0 Å². The van der Waals surface area contributed by atoms with Gasteiger partial charge >= 0.3 is 12.1 Å². The quantitative estimate of drug-likeness (QED) is 0.698. The molecule has 0 saturated heterocycles. The molecule has 0 aliphatic carbocycles. The number of halogens is 3. The maximum absolute atomic E-state index is 12.8. The summed E-state index contributed by atoms with van der Waals surface area (Å²) >= 11 is 0. The summed E-state index contributed by atoms with van der Waals surface area (Å²) in [6.07, 6.45) is -2.87. The Balaban J connectivity index is 1.80. The van der Waals surface area contributed by atoms with E-state index < -0.39 is 17.7 Å². The first-order valence-electron chi connectivity index (χ1n) is 7.83. The number of hydrogen-bond acceptors (Lipinski definition) is 2. The number of carbonyl (C=O) groups is 1. The first kappa shape index (κ1) is 16.3. The average Bonchev–Trinajstić information content (AvgIpc) is 3.05. The third-order valence-electron chi connectivity index (χ3n) is 4.44. The molecule has 1 aliphatic rings. The molecule has 1 atom stereocenters. The highest BCUT2D eigenvalue weighted by Crippen LogP contribution is 2.38. The second-order valence-electron chi connectivity index (χ2n) is 6.05. The third-order valence-corrected chi connectivity index (χ3v) is 4.44. The molecule has 26 heavy (non-hydrogen) atoms. The minimum atomic E-state index is -4.39. The molecule has 4 rings (SSSR count). The van der Waals surface area contributed by atoms with Crippen molar-refractivity contribution in [1.29, 1.82) is 0 Å². The fourth-order valence-electron chi connectivity index (χ4n) is 3.19. The van der Waals surface area contributed by atoms with Crippen LogP contribution in [-0.4, -0.2) is 15.6 Å². The molecule has 4 nitrogen and oxygen atoms in total. The zero-order chi connectivity index (χ0) is 18.5. The van der Waals surface area contributed by atoms with Crippen molar-refractivity contribution in [1.82, 2.24) is 4.57 Å². The van der Waals surface area contributed by atoms with E-state index in [1.165, 1.54) is 24.4 Å². The highest BCUT2D eigenvalue weighted by atomic mass is 19.4. The van der Waals surface area contributed by atoms with Crippen molar-refractivity contribution in [2.45, 2.75) is 12.2 Å². The van der Waals surface area contributed by atoms with Crippen LogP contribution in [0.2, 0.25) is 0 Å². The van der Waals surface area contributed by atoms with Gasteiger partial charge in [0.15, 0.2) is 0 Å². The topological polar surface area (TPSA) is 54.3 Å². The summed E-state index contributed by atoms with van der Waals surface area (Å²) in [4.78, 5) is 11.3. The Bertz CT molecular complexity index is 991. The molecule has 2 aromatic carbocycles. The largest absolute Gasteiger partial charge is 0.478 e. The number of aromatic nitrogens is 1. The van der Waals surface area contributed by atoms with E-state index in [0.717, 1.165) is 23.4 Å². The van der Waals surface area contributed by atoms with Gasteiger partial charge in [0, 0.05) is 11.8 Å². The highest BCUT2D eigenvalue weighted by Gasteiger charge is 2.31. The Labute approximate surface area is 146 Å². The summed E-state index contributed by atoms with van der Waals surface area (Å²) in [5.74, 6) is -0.469. The number of hydrogen-bond donors (Lipinski definition) is 2. The molecule has 1 aliphatic heterocycles. The number of rotatable bonds is 2. The van der Waals surface area contributed by atoms with Crippen molar-refractivity contribution in [3.8, 4) is 5.69 Å². The second-order valence-corrected chi connectivity index (χ2v) is 6.05. The smallest absolute Gasteiger partial charge is 0.416 e. The number of aromatic carboxylic acids is 1. The molecule has 0 amide bonds. The Kier molecular flexibility index (Phi) is 3.54. The van der Waals surface area contributed by atoms with Crippen molar-refractivity contribution >= 4 is 11.8 Å². The maximum atomic E-state index is 12.8. The van der Waals surface area contributed by atoms with Crippen LogP contribution in [0.4, 0.5) is 19.0 Å².